The zero-order chi connectivity index (χ0) is 18.4. The van der Waals surface area contributed by atoms with E-state index in [0.717, 1.165) is 59.2 Å². The van der Waals surface area contributed by atoms with Gasteiger partial charge < -0.3 is 10.2 Å². The highest BCUT2D eigenvalue weighted by Gasteiger charge is 2.28. The lowest BCUT2D eigenvalue weighted by Crippen LogP contribution is -2.50. The van der Waals surface area contributed by atoms with Gasteiger partial charge in [-0.3, -0.25) is 0 Å². The minimum absolute atomic E-state index is 0.548. The topological polar surface area (TPSA) is 84.1 Å². The number of fused-ring (bicyclic) bond motifs is 2. The maximum Gasteiger partial charge on any atom is 0.178 e. The molecule has 0 spiro atoms. The summed E-state index contributed by atoms with van der Waals surface area (Å²) in [6.45, 7) is 6.69. The quantitative estimate of drug-likeness (QED) is 0.597. The van der Waals surface area contributed by atoms with Crippen molar-refractivity contribution in [3.63, 3.8) is 0 Å². The fraction of sp³-hybridized carbons (Fsp3) is 0.316. The van der Waals surface area contributed by atoms with E-state index in [2.05, 4.69) is 47.8 Å². The molecule has 0 saturated carbocycles. The Labute approximate surface area is 156 Å². The molecule has 1 aromatic carbocycles. The van der Waals surface area contributed by atoms with Crippen LogP contribution in [0.3, 0.4) is 0 Å². The second-order valence-electron chi connectivity index (χ2n) is 7.04. The van der Waals surface area contributed by atoms with Crippen LogP contribution in [0, 0.1) is 19.8 Å². The number of nitrogens with zero attached hydrogens (tertiary/aromatic N) is 7. The van der Waals surface area contributed by atoms with Gasteiger partial charge in [-0.2, -0.15) is 9.61 Å². The molecule has 3 aromatic heterocycles. The van der Waals surface area contributed by atoms with Crippen molar-refractivity contribution in [1.82, 2.24) is 30.0 Å². The second-order valence-corrected chi connectivity index (χ2v) is 7.04. The number of benzene rings is 1. The summed E-state index contributed by atoms with van der Waals surface area (Å²) in [7, 11) is 0. The third-order valence-electron chi connectivity index (χ3n) is 5.12. The van der Waals surface area contributed by atoms with Crippen molar-refractivity contribution in [2.75, 3.05) is 29.9 Å². The van der Waals surface area contributed by atoms with E-state index in [-0.39, 0.29) is 0 Å². The van der Waals surface area contributed by atoms with E-state index in [1.54, 1.807) is 4.52 Å². The van der Waals surface area contributed by atoms with Crippen molar-refractivity contribution < 1.29 is 0 Å². The molecule has 136 valence electrons. The lowest BCUT2D eigenvalue weighted by atomic mass is 10.00. The van der Waals surface area contributed by atoms with Gasteiger partial charge in [0.2, 0.25) is 0 Å². The van der Waals surface area contributed by atoms with Crippen molar-refractivity contribution in [2.45, 2.75) is 13.8 Å². The molecule has 0 amide bonds. The molecule has 8 heteroatoms. The Kier molecular flexibility index (Phi) is 3.63. The lowest BCUT2D eigenvalue weighted by Gasteiger charge is -2.40. The largest absolute Gasteiger partial charge is 0.368 e. The van der Waals surface area contributed by atoms with Crippen LogP contribution in [0.2, 0.25) is 0 Å². The first-order valence-electron chi connectivity index (χ1n) is 9.09. The summed E-state index contributed by atoms with van der Waals surface area (Å²) >= 11 is 0. The summed E-state index contributed by atoms with van der Waals surface area (Å²) in [5.74, 6) is 3.17. The molecular formula is C19H20N8. The molecule has 1 aliphatic rings. The molecule has 0 unspecified atom stereocenters. The monoisotopic (exact) mass is 360 g/mol. The van der Waals surface area contributed by atoms with Crippen LogP contribution in [0.25, 0.3) is 16.4 Å². The van der Waals surface area contributed by atoms with Gasteiger partial charge in [0.25, 0.3) is 0 Å². The molecule has 1 N–H and O–H groups in total. The minimum atomic E-state index is 0.548. The molecule has 8 nitrogen and oxygen atoms in total. The number of aromatic nitrogens is 6. The predicted molar refractivity (Wildman–Crippen MR) is 104 cm³/mol. The van der Waals surface area contributed by atoms with E-state index >= 15 is 0 Å². The molecule has 0 atom stereocenters. The Hall–Kier alpha value is -3.29. The summed E-state index contributed by atoms with van der Waals surface area (Å²) in [5.41, 5.74) is 1.73. The smallest absolute Gasteiger partial charge is 0.178 e. The summed E-state index contributed by atoms with van der Waals surface area (Å²) < 4.78 is 1.79. The van der Waals surface area contributed by atoms with Crippen LogP contribution in [-0.4, -0.2) is 49.6 Å². The maximum absolute atomic E-state index is 4.63. The molecule has 4 aromatic rings. The Balaban J connectivity index is 1.25. The molecule has 1 aliphatic heterocycles. The average molecular weight is 360 g/mol. The fourth-order valence-corrected chi connectivity index (χ4v) is 3.55. The highest BCUT2D eigenvalue weighted by atomic mass is 15.4. The Morgan fingerprint density at radius 2 is 1.78 bits per heavy atom. The zero-order valence-electron chi connectivity index (χ0n) is 15.3. The second kappa shape index (κ2) is 6.15. The molecule has 0 bridgehead atoms. The molecule has 4 heterocycles. The van der Waals surface area contributed by atoms with Crippen molar-refractivity contribution in [2.24, 2.45) is 5.92 Å². The van der Waals surface area contributed by atoms with Crippen LogP contribution in [0.5, 0.6) is 0 Å². The molecular weight excluding hydrogens is 340 g/mol. The molecule has 0 radical (unpaired) electrons. The fourth-order valence-electron chi connectivity index (χ4n) is 3.55. The van der Waals surface area contributed by atoms with Gasteiger partial charge in [-0.1, -0.05) is 24.3 Å². The van der Waals surface area contributed by atoms with E-state index in [1.807, 2.05) is 38.1 Å². The zero-order valence-corrected chi connectivity index (χ0v) is 15.3. The first-order valence-corrected chi connectivity index (χ1v) is 9.09. The van der Waals surface area contributed by atoms with Gasteiger partial charge in [0.05, 0.1) is 5.69 Å². The van der Waals surface area contributed by atoms with Gasteiger partial charge in [-0.15, -0.1) is 20.4 Å². The average Bonchev–Trinajstić information content (AvgIpc) is 3.03. The van der Waals surface area contributed by atoms with Crippen LogP contribution < -0.4 is 10.2 Å². The normalized spacial score (nSPS) is 14.7. The molecule has 5 rings (SSSR count). The Bertz CT molecular complexity index is 1130. The van der Waals surface area contributed by atoms with E-state index in [9.17, 15) is 0 Å². The van der Waals surface area contributed by atoms with Crippen molar-refractivity contribution in [1.29, 1.82) is 0 Å². The predicted octanol–water partition coefficient (Wildman–Crippen LogP) is 2.23. The van der Waals surface area contributed by atoms with Gasteiger partial charge in [-0.05, 0) is 26.0 Å². The van der Waals surface area contributed by atoms with Crippen LogP contribution in [-0.2, 0) is 0 Å². The van der Waals surface area contributed by atoms with Crippen LogP contribution in [0.15, 0.2) is 36.4 Å². The SMILES string of the molecule is Cc1nnc(NCC2CN(c3ccc4nnc(C)n4n3)C2)c2ccccc12. The lowest BCUT2D eigenvalue weighted by molar-refractivity contribution is 0.424. The number of anilines is 2. The van der Waals surface area contributed by atoms with Crippen LogP contribution in [0.1, 0.15) is 11.5 Å². The Morgan fingerprint density at radius 3 is 2.63 bits per heavy atom. The standard InChI is InChI=1S/C19H20N8/c1-12-15-5-3-4-6-16(15)19(24-21-12)20-9-14-10-26(11-14)18-8-7-17-23-22-13(2)27(17)25-18/h3-8,14H,9-11H2,1-2H3,(H,20,24). The molecule has 27 heavy (non-hydrogen) atoms. The van der Waals surface area contributed by atoms with E-state index in [1.165, 1.54) is 0 Å². The van der Waals surface area contributed by atoms with Crippen molar-refractivity contribution in [3.8, 4) is 0 Å². The third kappa shape index (κ3) is 2.73. The number of rotatable bonds is 4. The number of aryl methyl sites for hydroxylation is 2. The van der Waals surface area contributed by atoms with Gasteiger partial charge in [0.15, 0.2) is 17.3 Å². The molecule has 1 saturated heterocycles. The minimum Gasteiger partial charge on any atom is -0.368 e. The van der Waals surface area contributed by atoms with Crippen molar-refractivity contribution >= 4 is 28.1 Å². The van der Waals surface area contributed by atoms with Crippen molar-refractivity contribution in [3.05, 3.63) is 47.9 Å². The van der Waals surface area contributed by atoms with E-state index in [0.29, 0.717) is 5.92 Å². The summed E-state index contributed by atoms with van der Waals surface area (Å²) in [5, 5.41) is 27.1. The molecule has 1 fully saturated rings. The maximum atomic E-state index is 4.63. The Morgan fingerprint density at radius 1 is 0.963 bits per heavy atom. The van der Waals surface area contributed by atoms with E-state index < -0.39 is 0 Å². The summed E-state index contributed by atoms with van der Waals surface area (Å²) in [6, 6.07) is 12.2. The van der Waals surface area contributed by atoms with E-state index in [4.69, 9.17) is 0 Å². The third-order valence-corrected chi connectivity index (χ3v) is 5.12. The number of hydrogen-bond donors (Lipinski definition) is 1. The highest BCUT2D eigenvalue weighted by Crippen LogP contribution is 2.25. The first kappa shape index (κ1) is 15.9. The van der Waals surface area contributed by atoms with Gasteiger partial charge in [0.1, 0.15) is 5.82 Å². The summed E-state index contributed by atoms with van der Waals surface area (Å²) in [6.07, 6.45) is 0. The number of nitrogens with one attached hydrogen (secondary N) is 1. The molecule has 0 aliphatic carbocycles. The van der Waals surface area contributed by atoms with Gasteiger partial charge in [0, 0.05) is 36.3 Å². The summed E-state index contributed by atoms with van der Waals surface area (Å²) in [4.78, 5) is 2.27. The highest BCUT2D eigenvalue weighted by molar-refractivity contribution is 5.92. The van der Waals surface area contributed by atoms with Crippen LogP contribution >= 0.6 is 0 Å². The first-order chi connectivity index (χ1) is 13.2. The van der Waals surface area contributed by atoms with Gasteiger partial charge in [-0.25, -0.2) is 0 Å². The van der Waals surface area contributed by atoms with Gasteiger partial charge >= 0.3 is 0 Å². The van der Waals surface area contributed by atoms with Crippen LogP contribution in [0.4, 0.5) is 11.6 Å². The number of hydrogen-bond acceptors (Lipinski definition) is 7.